The number of nitrogens with zero attached hydrogens (tertiary/aromatic N) is 2. The standard InChI is InChI=1S/C10H17N2PSe/c1-11(2)13(14,12(3)4)10-8-6-5-7-9-10/h5-9H,1-4H3. The molecule has 0 bridgehead atoms. The SMILES string of the molecule is CN(C)P(=[Se])(c1ccccc1)N(C)C. The summed E-state index contributed by atoms with van der Waals surface area (Å²) in [5.41, 5.74) is 0. The summed E-state index contributed by atoms with van der Waals surface area (Å²) in [5.74, 6) is -1.42. The van der Waals surface area contributed by atoms with Gasteiger partial charge in [-0.1, -0.05) is 0 Å². The third-order valence-corrected chi connectivity index (χ3v) is 10.8. The Kier molecular flexibility index (Phi) is 4.12. The predicted octanol–water partition coefficient (Wildman–Crippen LogP) is 1.37. The van der Waals surface area contributed by atoms with Crippen LogP contribution in [0.1, 0.15) is 0 Å². The topological polar surface area (TPSA) is 6.48 Å². The van der Waals surface area contributed by atoms with E-state index in [9.17, 15) is 0 Å². The van der Waals surface area contributed by atoms with Crippen molar-refractivity contribution in [3.05, 3.63) is 30.3 Å². The minimum absolute atomic E-state index is 1.37. The van der Waals surface area contributed by atoms with E-state index in [0.29, 0.717) is 0 Å². The molecule has 2 nitrogen and oxygen atoms in total. The van der Waals surface area contributed by atoms with E-state index >= 15 is 0 Å². The van der Waals surface area contributed by atoms with Crippen molar-refractivity contribution in [1.82, 2.24) is 9.34 Å². The summed E-state index contributed by atoms with van der Waals surface area (Å²) in [5, 5.41) is 1.37. The van der Waals surface area contributed by atoms with Crippen LogP contribution in [0.25, 0.3) is 0 Å². The maximum absolute atomic E-state index is 3.37. The molecular weight excluding hydrogens is 258 g/mol. The molecule has 0 aliphatic rings. The summed E-state index contributed by atoms with van der Waals surface area (Å²) < 4.78 is 4.56. The second-order valence-electron chi connectivity index (χ2n) is 3.57. The average molecular weight is 275 g/mol. The van der Waals surface area contributed by atoms with Crippen molar-refractivity contribution in [2.24, 2.45) is 0 Å². The van der Waals surface area contributed by atoms with Crippen molar-refractivity contribution < 1.29 is 0 Å². The summed E-state index contributed by atoms with van der Waals surface area (Å²) >= 11 is 3.37. The Labute approximate surface area is 94.2 Å². The van der Waals surface area contributed by atoms with Crippen LogP contribution in [0.15, 0.2) is 30.3 Å². The van der Waals surface area contributed by atoms with Crippen molar-refractivity contribution in [2.45, 2.75) is 0 Å². The van der Waals surface area contributed by atoms with Crippen LogP contribution in [0, 0.1) is 0 Å². The van der Waals surface area contributed by atoms with Crippen LogP contribution in [-0.4, -0.2) is 52.6 Å². The summed E-state index contributed by atoms with van der Waals surface area (Å²) in [7, 11) is 8.49. The van der Waals surface area contributed by atoms with E-state index in [0.717, 1.165) is 0 Å². The summed E-state index contributed by atoms with van der Waals surface area (Å²) in [4.78, 5) is 0. The third-order valence-electron chi connectivity index (χ3n) is 2.18. The minimum atomic E-state index is -1.42. The second kappa shape index (κ2) is 4.74. The van der Waals surface area contributed by atoms with Crippen LogP contribution in [-0.2, 0) is 0 Å². The van der Waals surface area contributed by atoms with Crippen LogP contribution < -0.4 is 5.30 Å². The van der Waals surface area contributed by atoms with Gasteiger partial charge in [0.2, 0.25) is 0 Å². The molecule has 1 rings (SSSR count). The van der Waals surface area contributed by atoms with Crippen LogP contribution in [0.2, 0.25) is 0 Å². The molecule has 0 atom stereocenters. The van der Waals surface area contributed by atoms with Crippen molar-refractivity contribution in [2.75, 3.05) is 28.2 Å². The zero-order valence-electron chi connectivity index (χ0n) is 9.14. The molecule has 0 saturated heterocycles. The molecule has 0 spiro atoms. The molecule has 0 aliphatic carbocycles. The van der Waals surface area contributed by atoms with Crippen molar-refractivity contribution >= 4 is 26.2 Å². The van der Waals surface area contributed by atoms with Gasteiger partial charge < -0.3 is 0 Å². The molecule has 14 heavy (non-hydrogen) atoms. The van der Waals surface area contributed by atoms with Gasteiger partial charge in [0.05, 0.1) is 0 Å². The van der Waals surface area contributed by atoms with Crippen molar-refractivity contribution in [3.8, 4) is 0 Å². The number of hydrogen-bond acceptors (Lipinski definition) is 2. The number of benzene rings is 1. The van der Waals surface area contributed by atoms with Gasteiger partial charge in [-0.25, -0.2) is 0 Å². The molecule has 0 aromatic heterocycles. The molecule has 0 unspecified atom stereocenters. The molecule has 0 radical (unpaired) electrons. The van der Waals surface area contributed by atoms with Crippen LogP contribution >= 0.6 is 5.81 Å². The normalized spacial score (nSPS) is 12.4. The van der Waals surface area contributed by atoms with Crippen molar-refractivity contribution in [3.63, 3.8) is 0 Å². The second-order valence-corrected chi connectivity index (χ2v) is 9.98. The molecule has 1 aromatic rings. The van der Waals surface area contributed by atoms with E-state index in [1.54, 1.807) is 0 Å². The summed E-state index contributed by atoms with van der Waals surface area (Å²) in [6.07, 6.45) is 0. The first-order chi connectivity index (χ1) is 6.49. The fraction of sp³-hybridized carbons (Fsp3) is 0.400. The summed E-state index contributed by atoms with van der Waals surface area (Å²) in [6.45, 7) is 0. The van der Waals surface area contributed by atoms with E-state index < -0.39 is 5.81 Å². The Morgan fingerprint density at radius 1 is 0.929 bits per heavy atom. The number of hydrogen-bond donors (Lipinski definition) is 0. The zero-order chi connectivity index (χ0) is 10.8. The molecule has 0 aliphatic heterocycles. The molecular formula is C10H17N2PSe. The van der Waals surface area contributed by atoms with E-state index in [-0.39, 0.29) is 0 Å². The average Bonchev–Trinajstić information content (AvgIpc) is 2.17. The first-order valence-electron chi connectivity index (χ1n) is 4.51. The van der Waals surface area contributed by atoms with E-state index in [2.05, 4.69) is 83.0 Å². The van der Waals surface area contributed by atoms with E-state index in [1.807, 2.05) is 0 Å². The number of rotatable bonds is 3. The van der Waals surface area contributed by atoms with Crippen LogP contribution in [0.3, 0.4) is 0 Å². The van der Waals surface area contributed by atoms with Gasteiger partial charge in [-0.15, -0.1) is 0 Å². The van der Waals surface area contributed by atoms with Crippen LogP contribution in [0.4, 0.5) is 0 Å². The van der Waals surface area contributed by atoms with Gasteiger partial charge in [0.15, 0.2) is 0 Å². The first kappa shape index (κ1) is 12.2. The van der Waals surface area contributed by atoms with Gasteiger partial charge >= 0.3 is 94.1 Å². The Morgan fingerprint density at radius 2 is 1.36 bits per heavy atom. The summed E-state index contributed by atoms with van der Waals surface area (Å²) in [6, 6.07) is 10.6. The Hall–Kier alpha value is 0.0895. The van der Waals surface area contributed by atoms with Crippen molar-refractivity contribution in [1.29, 1.82) is 0 Å². The maximum atomic E-state index is 3.37. The molecule has 78 valence electrons. The van der Waals surface area contributed by atoms with E-state index in [1.165, 1.54) is 5.30 Å². The molecule has 0 fully saturated rings. The van der Waals surface area contributed by atoms with E-state index in [4.69, 9.17) is 0 Å². The zero-order valence-corrected chi connectivity index (χ0v) is 11.7. The molecule has 0 N–H and O–H groups in total. The molecule has 0 saturated carbocycles. The molecule has 4 heteroatoms. The Bertz CT molecular complexity index is 323. The molecule has 0 amide bonds. The quantitative estimate of drug-likeness (QED) is 0.607. The van der Waals surface area contributed by atoms with Crippen LogP contribution in [0.5, 0.6) is 0 Å². The monoisotopic (exact) mass is 276 g/mol. The van der Waals surface area contributed by atoms with Gasteiger partial charge in [0.25, 0.3) is 0 Å². The van der Waals surface area contributed by atoms with Gasteiger partial charge in [0.1, 0.15) is 0 Å². The Morgan fingerprint density at radius 3 is 1.71 bits per heavy atom. The predicted molar refractivity (Wildman–Crippen MR) is 66.1 cm³/mol. The van der Waals surface area contributed by atoms with Gasteiger partial charge in [-0.05, 0) is 0 Å². The van der Waals surface area contributed by atoms with Gasteiger partial charge in [-0.2, -0.15) is 0 Å². The molecule has 0 heterocycles. The fourth-order valence-corrected chi connectivity index (χ4v) is 4.41. The van der Waals surface area contributed by atoms with Gasteiger partial charge in [0, 0.05) is 0 Å². The third kappa shape index (κ3) is 2.18. The van der Waals surface area contributed by atoms with Gasteiger partial charge in [-0.3, -0.25) is 0 Å². The fourth-order valence-electron chi connectivity index (χ4n) is 1.44. The Balaban J connectivity index is 3.21. The first-order valence-corrected chi connectivity index (χ1v) is 8.42. The molecule has 1 aromatic carbocycles.